The van der Waals surface area contributed by atoms with Crippen molar-refractivity contribution in [1.82, 2.24) is 14.9 Å². The summed E-state index contributed by atoms with van der Waals surface area (Å²) in [6, 6.07) is 1.87. The summed E-state index contributed by atoms with van der Waals surface area (Å²) in [6.45, 7) is 6.97. The molecule has 0 bridgehead atoms. The molecule has 0 radical (unpaired) electrons. The molecule has 2 rings (SSSR count). The van der Waals surface area contributed by atoms with Gasteiger partial charge >= 0.3 is 0 Å². The minimum Gasteiger partial charge on any atom is -0.476 e. The highest BCUT2D eigenvalue weighted by atomic mass is 32.2. The van der Waals surface area contributed by atoms with Crippen LogP contribution in [0.15, 0.2) is 11.2 Å². The molecule has 0 aliphatic carbocycles. The molecule has 1 aliphatic rings. The van der Waals surface area contributed by atoms with E-state index in [9.17, 15) is 0 Å². The van der Waals surface area contributed by atoms with Crippen LogP contribution in [0.2, 0.25) is 0 Å². The Kier molecular flexibility index (Phi) is 6.39. The molecule has 1 fully saturated rings. The molecule has 0 atom stereocenters. The Morgan fingerprint density at radius 3 is 2.80 bits per heavy atom. The molecule has 112 valence electrons. The largest absolute Gasteiger partial charge is 0.476 e. The first-order chi connectivity index (χ1) is 9.81. The highest BCUT2D eigenvalue weighted by Gasteiger charge is 2.10. The number of hydrogen-bond donors (Lipinski definition) is 1. The van der Waals surface area contributed by atoms with E-state index in [2.05, 4.69) is 27.1 Å². The van der Waals surface area contributed by atoms with Crippen molar-refractivity contribution in [2.75, 3.05) is 44.4 Å². The van der Waals surface area contributed by atoms with Gasteiger partial charge < -0.3 is 10.1 Å². The lowest BCUT2D eigenvalue weighted by Crippen LogP contribution is -2.33. The van der Waals surface area contributed by atoms with E-state index < -0.39 is 0 Å². The summed E-state index contributed by atoms with van der Waals surface area (Å²) >= 11 is 1.53. The normalized spacial score (nSPS) is 16.1. The van der Waals surface area contributed by atoms with Crippen molar-refractivity contribution < 1.29 is 4.74 Å². The number of likely N-dealkylation sites (tertiary alicyclic amines) is 1. The first-order valence-corrected chi connectivity index (χ1v) is 8.56. The van der Waals surface area contributed by atoms with Crippen LogP contribution in [0.1, 0.15) is 26.2 Å². The van der Waals surface area contributed by atoms with Crippen LogP contribution in [0.25, 0.3) is 0 Å². The zero-order valence-corrected chi connectivity index (χ0v) is 13.2. The molecule has 5 nitrogen and oxygen atoms in total. The zero-order valence-electron chi connectivity index (χ0n) is 12.4. The van der Waals surface area contributed by atoms with Crippen LogP contribution < -0.4 is 10.1 Å². The number of piperidine rings is 1. The summed E-state index contributed by atoms with van der Waals surface area (Å²) in [7, 11) is 0. The number of rotatable bonds is 7. The fraction of sp³-hybridized carbons (Fsp3) is 0.714. The van der Waals surface area contributed by atoms with Crippen molar-refractivity contribution in [2.24, 2.45) is 0 Å². The Morgan fingerprint density at radius 1 is 1.30 bits per heavy atom. The van der Waals surface area contributed by atoms with Gasteiger partial charge in [0.2, 0.25) is 5.88 Å². The van der Waals surface area contributed by atoms with Crippen LogP contribution in [-0.4, -0.2) is 53.9 Å². The lowest BCUT2D eigenvalue weighted by molar-refractivity contribution is 0.180. The number of nitrogens with one attached hydrogen (secondary N) is 1. The minimum absolute atomic E-state index is 0.664. The lowest BCUT2D eigenvalue weighted by atomic mass is 10.1. The minimum atomic E-state index is 0.664. The van der Waals surface area contributed by atoms with Crippen molar-refractivity contribution in [3.8, 4) is 5.88 Å². The van der Waals surface area contributed by atoms with E-state index in [0.29, 0.717) is 12.5 Å². The van der Waals surface area contributed by atoms with E-state index in [0.717, 1.165) is 24.1 Å². The van der Waals surface area contributed by atoms with Crippen LogP contribution in [-0.2, 0) is 0 Å². The third-order valence-corrected chi connectivity index (χ3v) is 3.88. The third kappa shape index (κ3) is 4.83. The average Bonchev–Trinajstić information content (AvgIpc) is 2.48. The summed E-state index contributed by atoms with van der Waals surface area (Å²) in [5.74, 6) is 1.50. The van der Waals surface area contributed by atoms with Gasteiger partial charge in [-0.05, 0) is 39.1 Å². The number of aromatic nitrogens is 2. The molecule has 0 amide bonds. The molecular formula is C14H24N4OS. The van der Waals surface area contributed by atoms with Gasteiger partial charge in [0.1, 0.15) is 12.4 Å². The van der Waals surface area contributed by atoms with Gasteiger partial charge in [0, 0.05) is 19.2 Å². The molecule has 0 unspecified atom stereocenters. The van der Waals surface area contributed by atoms with Gasteiger partial charge in [-0.2, -0.15) is 4.98 Å². The Bertz CT molecular complexity index is 410. The fourth-order valence-electron chi connectivity index (χ4n) is 2.30. The number of nitrogens with zero attached hydrogens (tertiary/aromatic N) is 3. The predicted octanol–water partition coefficient (Wildman–Crippen LogP) is 2.50. The SMILES string of the molecule is CCNc1cc(OCCN2CCCCC2)nc(SC)n1. The van der Waals surface area contributed by atoms with Crippen LogP contribution in [0.3, 0.4) is 0 Å². The maximum atomic E-state index is 5.79. The van der Waals surface area contributed by atoms with E-state index >= 15 is 0 Å². The Morgan fingerprint density at radius 2 is 2.10 bits per heavy atom. The van der Waals surface area contributed by atoms with Gasteiger partial charge in [0.25, 0.3) is 0 Å². The quantitative estimate of drug-likeness (QED) is 0.616. The number of thioether (sulfide) groups is 1. The predicted molar refractivity (Wildman–Crippen MR) is 83.8 cm³/mol. The summed E-state index contributed by atoms with van der Waals surface area (Å²) in [6.07, 6.45) is 5.97. The smallest absolute Gasteiger partial charge is 0.219 e. The van der Waals surface area contributed by atoms with Gasteiger partial charge in [-0.1, -0.05) is 18.2 Å². The summed E-state index contributed by atoms with van der Waals surface area (Å²) in [4.78, 5) is 11.2. The zero-order chi connectivity index (χ0) is 14.2. The van der Waals surface area contributed by atoms with Crippen molar-refractivity contribution >= 4 is 17.6 Å². The molecule has 1 N–H and O–H groups in total. The molecule has 20 heavy (non-hydrogen) atoms. The maximum Gasteiger partial charge on any atom is 0.219 e. The van der Waals surface area contributed by atoms with Crippen molar-refractivity contribution in [2.45, 2.75) is 31.3 Å². The summed E-state index contributed by atoms with van der Waals surface area (Å²) in [5, 5.41) is 3.95. The van der Waals surface area contributed by atoms with E-state index in [1.54, 1.807) is 0 Å². The van der Waals surface area contributed by atoms with Gasteiger partial charge in [-0.15, -0.1) is 0 Å². The first kappa shape index (κ1) is 15.4. The topological polar surface area (TPSA) is 50.3 Å². The molecule has 0 aromatic carbocycles. The highest BCUT2D eigenvalue weighted by molar-refractivity contribution is 7.98. The summed E-state index contributed by atoms with van der Waals surface area (Å²) in [5.41, 5.74) is 0. The second kappa shape index (κ2) is 8.32. The van der Waals surface area contributed by atoms with Crippen LogP contribution in [0, 0.1) is 0 Å². The van der Waals surface area contributed by atoms with E-state index in [-0.39, 0.29) is 0 Å². The van der Waals surface area contributed by atoms with Gasteiger partial charge in [0.15, 0.2) is 5.16 Å². The monoisotopic (exact) mass is 296 g/mol. The molecule has 0 spiro atoms. The van der Waals surface area contributed by atoms with Crippen molar-refractivity contribution in [3.63, 3.8) is 0 Å². The maximum absolute atomic E-state index is 5.79. The van der Waals surface area contributed by atoms with Gasteiger partial charge in [-0.25, -0.2) is 4.98 Å². The van der Waals surface area contributed by atoms with Crippen LogP contribution in [0.5, 0.6) is 5.88 Å². The molecule has 1 aliphatic heterocycles. The number of hydrogen-bond acceptors (Lipinski definition) is 6. The lowest BCUT2D eigenvalue weighted by Gasteiger charge is -2.26. The first-order valence-electron chi connectivity index (χ1n) is 7.34. The third-order valence-electron chi connectivity index (χ3n) is 3.33. The Labute approximate surface area is 125 Å². The van der Waals surface area contributed by atoms with E-state index in [4.69, 9.17) is 4.74 Å². The number of anilines is 1. The summed E-state index contributed by atoms with van der Waals surface area (Å²) < 4.78 is 5.79. The second-order valence-electron chi connectivity index (χ2n) is 4.86. The number of ether oxygens (including phenoxy) is 1. The Balaban J connectivity index is 1.85. The van der Waals surface area contributed by atoms with Crippen molar-refractivity contribution in [3.05, 3.63) is 6.07 Å². The standard InChI is InChI=1S/C14H24N4OS/c1-3-15-12-11-13(17-14(16-12)20-2)19-10-9-18-7-5-4-6-8-18/h11H,3-10H2,1-2H3,(H,15,16,17). The fourth-order valence-corrected chi connectivity index (χ4v) is 2.67. The van der Waals surface area contributed by atoms with Gasteiger partial charge in [0.05, 0.1) is 0 Å². The molecule has 6 heteroatoms. The molecule has 1 aromatic heterocycles. The average molecular weight is 296 g/mol. The van der Waals surface area contributed by atoms with Crippen LogP contribution >= 0.6 is 11.8 Å². The molecule has 1 aromatic rings. The van der Waals surface area contributed by atoms with Crippen LogP contribution in [0.4, 0.5) is 5.82 Å². The van der Waals surface area contributed by atoms with Gasteiger partial charge in [-0.3, -0.25) is 4.90 Å². The van der Waals surface area contributed by atoms with E-state index in [1.807, 2.05) is 12.3 Å². The molecule has 0 saturated carbocycles. The molecule has 1 saturated heterocycles. The highest BCUT2D eigenvalue weighted by Crippen LogP contribution is 2.19. The Hall–Kier alpha value is -1.01. The molecule has 2 heterocycles. The van der Waals surface area contributed by atoms with Crippen molar-refractivity contribution in [1.29, 1.82) is 0 Å². The van der Waals surface area contributed by atoms with E-state index in [1.165, 1.54) is 44.1 Å². The molecular weight excluding hydrogens is 272 g/mol. The second-order valence-corrected chi connectivity index (χ2v) is 5.63.